The number of nitrogens with zero attached hydrogens (tertiary/aromatic N) is 1. The van der Waals surface area contributed by atoms with Gasteiger partial charge in [0.25, 0.3) is 0 Å². The second-order valence-corrected chi connectivity index (χ2v) is 6.72. The number of rotatable bonds is 3. The van der Waals surface area contributed by atoms with Crippen LogP contribution in [-0.2, 0) is 4.79 Å². The predicted molar refractivity (Wildman–Crippen MR) is 78.9 cm³/mol. The van der Waals surface area contributed by atoms with Crippen molar-refractivity contribution in [1.82, 2.24) is 10.2 Å². The van der Waals surface area contributed by atoms with Crippen LogP contribution in [0.4, 0.5) is 0 Å². The smallest absolute Gasteiger partial charge is 0.239 e. The van der Waals surface area contributed by atoms with Crippen molar-refractivity contribution in [2.24, 2.45) is 17.8 Å². The topological polar surface area (TPSA) is 32.3 Å². The van der Waals surface area contributed by atoms with Gasteiger partial charge in [0, 0.05) is 14.1 Å². The molecule has 0 spiro atoms. The summed E-state index contributed by atoms with van der Waals surface area (Å²) in [7, 11) is 3.72. The molecule has 3 nitrogen and oxygen atoms in total. The molecule has 0 radical (unpaired) electrons. The van der Waals surface area contributed by atoms with Crippen molar-refractivity contribution in [1.29, 1.82) is 0 Å². The van der Waals surface area contributed by atoms with Gasteiger partial charge in [-0.05, 0) is 43.6 Å². The molecule has 19 heavy (non-hydrogen) atoms. The first kappa shape index (κ1) is 14.8. The van der Waals surface area contributed by atoms with Crippen LogP contribution in [0.15, 0.2) is 0 Å². The lowest BCUT2D eigenvalue weighted by atomic mass is 9.70. The molecule has 0 aromatic heterocycles. The van der Waals surface area contributed by atoms with Gasteiger partial charge in [0.05, 0.1) is 6.04 Å². The minimum absolute atomic E-state index is 0.0655. The highest BCUT2D eigenvalue weighted by molar-refractivity contribution is 5.81. The average Bonchev–Trinajstić information content (AvgIpc) is 2.46. The monoisotopic (exact) mass is 266 g/mol. The SMILES string of the molecule is CCC1CCCC(C2CCNC(C(=O)N(C)C)C2)C1. The number of amides is 1. The molecular weight excluding hydrogens is 236 g/mol. The first-order valence-electron chi connectivity index (χ1n) is 8.06. The molecule has 0 aromatic carbocycles. The summed E-state index contributed by atoms with van der Waals surface area (Å²) >= 11 is 0. The molecule has 1 saturated carbocycles. The van der Waals surface area contributed by atoms with E-state index in [4.69, 9.17) is 0 Å². The van der Waals surface area contributed by atoms with Crippen LogP contribution >= 0.6 is 0 Å². The maximum Gasteiger partial charge on any atom is 0.239 e. The quantitative estimate of drug-likeness (QED) is 0.852. The molecule has 2 rings (SSSR count). The Bertz CT molecular complexity index is 303. The number of nitrogens with one attached hydrogen (secondary N) is 1. The van der Waals surface area contributed by atoms with Gasteiger partial charge in [-0.25, -0.2) is 0 Å². The van der Waals surface area contributed by atoms with Gasteiger partial charge in [0.1, 0.15) is 0 Å². The lowest BCUT2D eigenvalue weighted by molar-refractivity contribution is -0.132. The van der Waals surface area contributed by atoms with E-state index in [-0.39, 0.29) is 11.9 Å². The third-order valence-electron chi connectivity index (χ3n) is 5.25. The summed E-state index contributed by atoms with van der Waals surface area (Å²) in [5.74, 6) is 2.84. The molecule has 1 amide bonds. The Morgan fingerprint density at radius 1 is 1.16 bits per heavy atom. The zero-order valence-corrected chi connectivity index (χ0v) is 12.8. The molecular formula is C16H30N2O. The summed E-state index contributed by atoms with van der Waals surface area (Å²) in [5.41, 5.74) is 0. The van der Waals surface area contributed by atoms with Gasteiger partial charge >= 0.3 is 0 Å². The second kappa shape index (κ2) is 6.74. The molecule has 4 unspecified atom stereocenters. The summed E-state index contributed by atoms with van der Waals surface area (Å²) in [6.45, 7) is 3.34. The maximum absolute atomic E-state index is 12.1. The largest absolute Gasteiger partial charge is 0.347 e. The Labute approximate surface area is 118 Å². The van der Waals surface area contributed by atoms with E-state index in [0.717, 1.165) is 30.7 Å². The lowest BCUT2D eigenvalue weighted by Crippen LogP contribution is -2.49. The number of hydrogen-bond donors (Lipinski definition) is 1. The van der Waals surface area contributed by atoms with E-state index in [0.29, 0.717) is 0 Å². The molecule has 4 atom stereocenters. The van der Waals surface area contributed by atoms with Crippen LogP contribution in [0.5, 0.6) is 0 Å². The molecule has 1 saturated heterocycles. The van der Waals surface area contributed by atoms with Crippen molar-refractivity contribution in [2.75, 3.05) is 20.6 Å². The number of likely N-dealkylation sites (N-methyl/N-ethyl adjacent to an activating group) is 1. The summed E-state index contributed by atoms with van der Waals surface area (Å²) in [6, 6.07) is 0.0655. The predicted octanol–water partition coefficient (Wildman–Crippen LogP) is 2.66. The van der Waals surface area contributed by atoms with Gasteiger partial charge in [0.15, 0.2) is 0 Å². The number of carbonyl (C=O) groups excluding carboxylic acids is 1. The molecule has 0 aromatic rings. The summed E-state index contributed by atoms with van der Waals surface area (Å²) in [5, 5.41) is 3.40. The van der Waals surface area contributed by atoms with Crippen molar-refractivity contribution < 1.29 is 4.79 Å². The van der Waals surface area contributed by atoms with Crippen LogP contribution in [0.3, 0.4) is 0 Å². The molecule has 110 valence electrons. The van der Waals surface area contributed by atoms with Crippen LogP contribution in [0.2, 0.25) is 0 Å². The van der Waals surface area contributed by atoms with E-state index in [9.17, 15) is 4.79 Å². The van der Waals surface area contributed by atoms with Gasteiger partial charge in [0.2, 0.25) is 5.91 Å². The van der Waals surface area contributed by atoms with Crippen LogP contribution in [-0.4, -0.2) is 37.5 Å². The minimum Gasteiger partial charge on any atom is -0.347 e. The van der Waals surface area contributed by atoms with E-state index in [1.54, 1.807) is 4.90 Å². The molecule has 2 aliphatic rings. The Hall–Kier alpha value is -0.570. The maximum atomic E-state index is 12.1. The molecule has 1 aliphatic carbocycles. The van der Waals surface area contributed by atoms with Gasteiger partial charge in [-0.2, -0.15) is 0 Å². The Morgan fingerprint density at radius 3 is 2.58 bits per heavy atom. The van der Waals surface area contributed by atoms with Crippen molar-refractivity contribution in [3.05, 3.63) is 0 Å². The Kier molecular flexibility index (Phi) is 5.26. The van der Waals surface area contributed by atoms with Crippen LogP contribution in [0.1, 0.15) is 51.9 Å². The van der Waals surface area contributed by atoms with Crippen LogP contribution in [0.25, 0.3) is 0 Å². The Balaban J connectivity index is 1.91. The standard InChI is InChI=1S/C16H30N2O/c1-4-12-6-5-7-13(10-12)14-8-9-17-15(11-14)16(19)18(2)3/h12-15,17H,4-11H2,1-3H3. The van der Waals surface area contributed by atoms with Gasteiger partial charge in [-0.1, -0.05) is 32.6 Å². The number of carbonyl (C=O) groups is 1. The first-order chi connectivity index (χ1) is 9.11. The lowest BCUT2D eigenvalue weighted by Gasteiger charge is -2.39. The molecule has 3 heteroatoms. The van der Waals surface area contributed by atoms with Crippen molar-refractivity contribution in [3.8, 4) is 0 Å². The van der Waals surface area contributed by atoms with E-state index in [1.807, 2.05) is 14.1 Å². The summed E-state index contributed by atoms with van der Waals surface area (Å²) < 4.78 is 0. The van der Waals surface area contributed by atoms with Crippen molar-refractivity contribution in [2.45, 2.75) is 57.9 Å². The average molecular weight is 266 g/mol. The fourth-order valence-electron chi connectivity index (χ4n) is 4.01. The summed E-state index contributed by atoms with van der Waals surface area (Å²) in [4.78, 5) is 13.8. The van der Waals surface area contributed by atoms with Gasteiger partial charge < -0.3 is 10.2 Å². The first-order valence-corrected chi connectivity index (χ1v) is 8.06. The highest BCUT2D eigenvalue weighted by Gasteiger charge is 2.34. The third-order valence-corrected chi connectivity index (χ3v) is 5.25. The molecule has 1 N–H and O–H groups in total. The zero-order valence-electron chi connectivity index (χ0n) is 12.8. The van der Waals surface area contributed by atoms with Crippen molar-refractivity contribution >= 4 is 5.91 Å². The normalized spacial score (nSPS) is 35.9. The van der Waals surface area contributed by atoms with Gasteiger partial charge in [-0.15, -0.1) is 0 Å². The van der Waals surface area contributed by atoms with E-state index in [1.165, 1.54) is 38.5 Å². The Morgan fingerprint density at radius 2 is 1.89 bits per heavy atom. The zero-order chi connectivity index (χ0) is 13.8. The molecule has 1 aliphatic heterocycles. The fraction of sp³-hybridized carbons (Fsp3) is 0.938. The highest BCUT2D eigenvalue weighted by atomic mass is 16.2. The van der Waals surface area contributed by atoms with E-state index >= 15 is 0 Å². The molecule has 0 bridgehead atoms. The minimum atomic E-state index is 0.0655. The second-order valence-electron chi connectivity index (χ2n) is 6.72. The van der Waals surface area contributed by atoms with E-state index < -0.39 is 0 Å². The highest BCUT2D eigenvalue weighted by Crippen LogP contribution is 2.39. The van der Waals surface area contributed by atoms with Crippen LogP contribution in [0, 0.1) is 17.8 Å². The fourth-order valence-corrected chi connectivity index (χ4v) is 4.01. The molecule has 1 heterocycles. The van der Waals surface area contributed by atoms with E-state index in [2.05, 4.69) is 12.2 Å². The third kappa shape index (κ3) is 3.71. The van der Waals surface area contributed by atoms with Crippen molar-refractivity contribution in [3.63, 3.8) is 0 Å². The van der Waals surface area contributed by atoms with Gasteiger partial charge in [-0.3, -0.25) is 4.79 Å². The number of piperidine rings is 1. The molecule has 2 fully saturated rings. The van der Waals surface area contributed by atoms with Crippen LogP contribution < -0.4 is 5.32 Å². The number of hydrogen-bond acceptors (Lipinski definition) is 2. The summed E-state index contributed by atoms with van der Waals surface area (Å²) in [6.07, 6.45) is 9.28.